The van der Waals surface area contributed by atoms with E-state index in [4.69, 9.17) is 21.4 Å². The largest absolute Gasteiger partial charge is 0.482 e. The molecular weight excluding hydrogens is 270 g/mol. The van der Waals surface area contributed by atoms with Crippen LogP contribution < -0.4 is 10.1 Å². The predicted octanol–water partition coefficient (Wildman–Crippen LogP) is 2.09. The second kappa shape index (κ2) is 6.43. The van der Waals surface area contributed by atoms with Gasteiger partial charge in [0.25, 0.3) is 5.91 Å². The van der Waals surface area contributed by atoms with Crippen LogP contribution in [0, 0.1) is 0 Å². The molecule has 0 aliphatic heterocycles. The third-order valence-corrected chi connectivity index (χ3v) is 2.58. The lowest BCUT2D eigenvalue weighted by atomic mass is 10.0. The molecule has 0 aliphatic rings. The smallest absolute Gasteiger partial charge is 0.305 e. The zero-order valence-electron chi connectivity index (χ0n) is 10.8. The van der Waals surface area contributed by atoms with Crippen molar-refractivity contribution in [1.82, 2.24) is 5.32 Å². The Morgan fingerprint density at radius 3 is 2.58 bits per heavy atom. The minimum absolute atomic E-state index is 0.162. The molecule has 0 spiro atoms. The van der Waals surface area contributed by atoms with Crippen LogP contribution in [0.2, 0.25) is 5.02 Å². The van der Waals surface area contributed by atoms with Crippen molar-refractivity contribution >= 4 is 23.5 Å². The van der Waals surface area contributed by atoms with Gasteiger partial charge in [0.1, 0.15) is 5.75 Å². The van der Waals surface area contributed by atoms with Gasteiger partial charge in [-0.2, -0.15) is 0 Å². The van der Waals surface area contributed by atoms with Crippen LogP contribution in [0.4, 0.5) is 0 Å². The summed E-state index contributed by atoms with van der Waals surface area (Å²) in [5, 5.41) is 11.7. The number of carboxylic acids is 1. The molecule has 0 aromatic heterocycles. The molecule has 0 unspecified atom stereocenters. The molecule has 0 aliphatic carbocycles. The van der Waals surface area contributed by atoms with Gasteiger partial charge in [0.05, 0.1) is 11.4 Å². The Kier molecular flexibility index (Phi) is 5.18. The van der Waals surface area contributed by atoms with E-state index in [1.165, 1.54) is 0 Å². The molecule has 2 N–H and O–H groups in total. The number of halogens is 1. The predicted molar refractivity (Wildman–Crippen MR) is 71.4 cm³/mol. The molecular formula is C13H16ClNO4. The number of carbonyl (C=O) groups excluding carboxylic acids is 1. The van der Waals surface area contributed by atoms with Gasteiger partial charge in [-0.25, -0.2) is 0 Å². The summed E-state index contributed by atoms with van der Waals surface area (Å²) in [5.41, 5.74) is -0.827. The number of benzene rings is 1. The maximum Gasteiger partial charge on any atom is 0.305 e. The number of amides is 1. The Balaban J connectivity index is 2.48. The highest BCUT2D eigenvalue weighted by atomic mass is 35.5. The highest BCUT2D eigenvalue weighted by molar-refractivity contribution is 6.32. The summed E-state index contributed by atoms with van der Waals surface area (Å²) in [6.45, 7) is 3.05. The molecule has 6 heteroatoms. The van der Waals surface area contributed by atoms with Crippen molar-refractivity contribution in [3.8, 4) is 5.75 Å². The normalized spacial score (nSPS) is 10.9. The van der Waals surface area contributed by atoms with Crippen LogP contribution in [-0.4, -0.2) is 29.1 Å². The number of aliphatic carboxylic acids is 1. The molecule has 0 saturated heterocycles. The van der Waals surface area contributed by atoms with Crippen LogP contribution in [0.15, 0.2) is 24.3 Å². The Bertz CT molecular complexity index is 473. The van der Waals surface area contributed by atoms with Crippen LogP contribution in [0.25, 0.3) is 0 Å². The molecule has 0 saturated carbocycles. The number of rotatable bonds is 6. The first kappa shape index (κ1) is 15.3. The first-order chi connectivity index (χ1) is 8.80. The van der Waals surface area contributed by atoms with Gasteiger partial charge < -0.3 is 15.2 Å². The van der Waals surface area contributed by atoms with Crippen molar-refractivity contribution in [2.45, 2.75) is 25.8 Å². The number of carbonyl (C=O) groups is 2. The molecule has 1 rings (SSSR count). The molecule has 0 bridgehead atoms. The summed E-state index contributed by atoms with van der Waals surface area (Å²) in [6.07, 6.45) is -0.162. The van der Waals surface area contributed by atoms with Crippen molar-refractivity contribution in [1.29, 1.82) is 0 Å². The number of nitrogens with one attached hydrogen (secondary N) is 1. The van der Waals surface area contributed by atoms with Gasteiger partial charge in [-0.1, -0.05) is 23.7 Å². The quantitative estimate of drug-likeness (QED) is 0.839. The van der Waals surface area contributed by atoms with Gasteiger partial charge >= 0.3 is 5.97 Å². The van der Waals surface area contributed by atoms with Gasteiger partial charge in [0, 0.05) is 5.54 Å². The van der Waals surface area contributed by atoms with E-state index in [2.05, 4.69) is 5.32 Å². The van der Waals surface area contributed by atoms with E-state index in [0.29, 0.717) is 10.8 Å². The first-order valence-corrected chi connectivity index (χ1v) is 6.08. The summed E-state index contributed by atoms with van der Waals surface area (Å²) in [7, 11) is 0. The van der Waals surface area contributed by atoms with Crippen LogP contribution in [-0.2, 0) is 9.59 Å². The summed E-state index contributed by atoms with van der Waals surface area (Å²) >= 11 is 5.88. The monoisotopic (exact) mass is 285 g/mol. The van der Waals surface area contributed by atoms with Gasteiger partial charge in [-0.05, 0) is 26.0 Å². The molecule has 1 aromatic rings. The highest BCUT2D eigenvalue weighted by Gasteiger charge is 2.23. The average Bonchev–Trinajstić information content (AvgIpc) is 2.25. The Morgan fingerprint density at radius 2 is 2.00 bits per heavy atom. The lowest BCUT2D eigenvalue weighted by Gasteiger charge is -2.24. The fourth-order valence-electron chi connectivity index (χ4n) is 1.54. The summed E-state index contributed by atoms with van der Waals surface area (Å²) < 4.78 is 5.26. The summed E-state index contributed by atoms with van der Waals surface area (Å²) in [5.74, 6) is -0.959. The van der Waals surface area contributed by atoms with E-state index >= 15 is 0 Å². The molecule has 104 valence electrons. The molecule has 0 radical (unpaired) electrons. The maximum absolute atomic E-state index is 11.7. The minimum Gasteiger partial charge on any atom is -0.482 e. The minimum atomic E-state index is -0.975. The van der Waals surface area contributed by atoms with Crippen molar-refractivity contribution < 1.29 is 19.4 Å². The second-order valence-corrected chi connectivity index (χ2v) is 5.13. The van der Waals surface area contributed by atoms with Crippen LogP contribution in [0.1, 0.15) is 20.3 Å². The molecule has 0 heterocycles. The van der Waals surface area contributed by atoms with Crippen molar-refractivity contribution in [2.24, 2.45) is 0 Å². The fourth-order valence-corrected chi connectivity index (χ4v) is 1.73. The number of carboxylic acid groups (broad SMARTS) is 1. The molecule has 1 amide bonds. The van der Waals surface area contributed by atoms with Crippen LogP contribution >= 0.6 is 11.6 Å². The standard InChI is InChI=1S/C13H16ClNO4/c1-13(2,7-12(17)18)15-11(16)8-19-10-6-4-3-5-9(10)14/h3-6H,7-8H2,1-2H3,(H,15,16)(H,17,18). The van der Waals surface area contributed by atoms with E-state index in [-0.39, 0.29) is 13.0 Å². The molecule has 5 nitrogen and oxygen atoms in total. The number of hydrogen-bond acceptors (Lipinski definition) is 3. The maximum atomic E-state index is 11.7. The molecule has 0 atom stereocenters. The van der Waals surface area contributed by atoms with Crippen LogP contribution in [0.3, 0.4) is 0 Å². The zero-order chi connectivity index (χ0) is 14.5. The Hall–Kier alpha value is -1.75. The lowest BCUT2D eigenvalue weighted by Crippen LogP contribution is -2.46. The van der Waals surface area contributed by atoms with Gasteiger partial charge in [0.2, 0.25) is 0 Å². The van der Waals surface area contributed by atoms with E-state index in [0.717, 1.165) is 0 Å². The second-order valence-electron chi connectivity index (χ2n) is 4.72. The van der Waals surface area contributed by atoms with Crippen molar-refractivity contribution in [3.05, 3.63) is 29.3 Å². The highest BCUT2D eigenvalue weighted by Crippen LogP contribution is 2.22. The van der Waals surface area contributed by atoms with Gasteiger partial charge in [0.15, 0.2) is 6.61 Å². The fraction of sp³-hybridized carbons (Fsp3) is 0.385. The number of para-hydroxylation sites is 1. The molecule has 1 aromatic carbocycles. The lowest BCUT2D eigenvalue weighted by molar-refractivity contribution is -0.138. The van der Waals surface area contributed by atoms with E-state index < -0.39 is 17.4 Å². The molecule has 19 heavy (non-hydrogen) atoms. The Labute approximate surface area is 116 Å². The number of hydrogen-bond donors (Lipinski definition) is 2. The first-order valence-electron chi connectivity index (χ1n) is 5.70. The van der Waals surface area contributed by atoms with E-state index in [1.54, 1.807) is 38.1 Å². The Morgan fingerprint density at radius 1 is 1.37 bits per heavy atom. The molecule has 0 fully saturated rings. The van der Waals surface area contributed by atoms with Gasteiger partial charge in [-0.15, -0.1) is 0 Å². The SMILES string of the molecule is CC(C)(CC(=O)O)NC(=O)COc1ccccc1Cl. The van der Waals surface area contributed by atoms with Crippen LogP contribution in [0.5, 0.6) is 5.75 Å². The van der Waals surface area contributed by atoms with Gasteiger partial charge in [-0.3, -0.25) is 9.59 Å². The third-order valence-electron chi connectivity index (χ3n) is 2.27. The average molecular weight is 286 g/mol. The van der Waals surface area contributed by atoms with Crippen molar-refractivity contribution in [3.63, 3.8) is 0 Å². The summed E-state index contributed by atoms with van der Waals surface area (Å²) in [6, 6.07) is 6.81. The third kappa shape index (κ3) is 5.61. The summed E-state index contributed by atoms with van der Waals surface area (Å²) in [4.78, 5) is 22.3. The van der Waals surface area contributed by atoms with Crippen molar-refractivity contribution in [2.75, 3.05) is 6.61 Å². The van der Waals surface area contributed by atoms with E-state index in [1.807, 2.05) is 0 Å². The topological polar surface area (TPSA) is 75.6 Å². The number of ether oxygens (including phenoxy) is 1. The zero-order valence-corrected chi connectivity index (χ0v) is 11.5. The van der Waals surface area contributed by atoms with E-state index in [9.17, 15) is 9.59 Å².